The number of halogens is 1. The van der Waals surface area contributed by atoms with Crippen molar-refractivity contribution in [1.29, 1.82) is 0 Å². The normalized spacial score (nSPS) is 10.7. The van der Waals surface area contributed by atoms with E-state index in [-0.39, 0.29) is 0 Å². The molecule has 0 bridgehead atoms. The van der Waals surface area contributed by atoms with E-state index in [1.807, 2.05) is 13.8 Å². The average molecular weight is 309 g/mol. The highest BCUT2D eigenvalue weighted by atomic mass is 79.9. The van der Waals surface area contributed by atoms with Crippen LogP contribution >= 0.6 is 15.9 Å². The summed E-state index contributed by atoms with van der Waals surface area (Å²) in [4.78, 5) is 0. The molecular formula is C14H17BrN2O. The Morgan fingerprint density at radius 1 is 1.17 bits per heavy atom. The summed E-state index contributed by atoms with van der Waals surface area (Å²) in [6.45, 7) is 8.86. The van der Waals surface area contributed by atoms with Gasteiger partial charge in [0.05, 0.1) is 5.69 Å². The zero-order chi connectivity index (χ0) is 13.3. The van der Waals surface area contributed by atoms with Gasteiger partial charge >= 0.3 is 0 Å². The Bertz CT molecular complexity index is 533. The lowest BCUT2D eigenvalue weighted by atomic mass is 10.1. The highest BCUT2D eigenvalue weighted by molar-refractivity contribution is 9.10. The molecule has 0 fully saturated rings. The molecule has 18 heavy (non-hydrogen) atoms. The van der Waals surface area contributed by atoms with Gasteiger partial charge in [-0.2, -0.15) is 0 Å². The number of aromatic nitrogens is 1. The summed E-state index contributed by atoms with van der Waals surface area (Å²) in [5.74, 6) is 0.882. The zero-order valence-electron chi connectivity index (χ0n) is 11.1. The van der Waals surface area contributed by atoms with E-state index in [0.717, 1.165) is 28.0 Å². The van der Waals surface area contributed by atoms with Crippen LogP contribution in [0.3, 0.4) is 0 Å². The highest BCUT2D eigenvalue weighted by Gasteiger charge is 2.10. The first kappa shape index (κ1) is 13.1. The summed E-state index contributed by atoms with van der Waals surface area (Å²) in [6.07, 6.45) is 0. The molecule has 0 spiro atoms. The molecule has 0 unspecified atom stereocenters. The molecule has 0 saturated carbocycles. The van der Waals surface area contributed by atoms with Crippen LogP contribution in [-0.4, -0.2) is 5.16 Å². The Morgan fingerprint density at radius 2 is 1.78 bits per heavy atom. The molecule has 1 aromatic heterocycles. The lowest BCUT2D eigenvalue weighted by molar-refractivity contribution is 0.392. The molecule has 0 radical (unpaired) electrons. The van der Waals surface area contributed by atoms with Crippen molar-refractivity contribution in [2.75, 3.05) is 5.32 Å². The minimum atomic E-state index is 0.741. The summed E-state index contributed by atoms with van der Waals surface area (Å²) >= 11 is 3.51. The number of hydrogen-bond donors (Lipinski definition) is 1. The van der Waals surface area contributed by atoms with E-state index in [2.05, 4.69) is 52.4 Å². The molecule has 0 amide bonds. The fraction of sp³-hybridized carbons (Fsp3) is 0.357. The molecule has 2 aromatic rings. The van der Waals surface area contributed by atoms with E-state index >= 15 is 0 Å². The number of hydrogen-bond acceptors (Lipinski definition) is 3. The first-order valence-corrected chi connectivity index (χ1v) is 6.70. The van der Waals surface area contributed by atoms with Crippen molar-refractivity contribution in [3.05, 3.63) is 44.7 Å². The standard InChI is InChI=1S/C14H17BrN2O/c1-8-5-12(15)6-9(2)14(8)16-7-13-10(3)17-18-11(13)4/h5-6,16H,7H2,1-4H3. The van der Waals surface area contributed by atoms with Gasteiger partial charge in [-0.25, -0.2) is 0 Å². The third kappa shape index (κ3) is 2.58. The van der Waals surface area contributed by atoms with Gasteiger partial charge in [0.2, 0.25) is 0 Å². The van der Waals surface area contributed by atoms with Crippen LogP contribution in [0.4, 0.5) is 5.69 Å². The molecular weight excluding hydrogens is 292 g/mol. The van der Waals surface area contributed by atoms with E-state index < -0.39 is 0 Å². The first-order valence-electron chi connectivity index (χ1n) is 5.91. The predicted octanol–water partition coefficient (Wildman–Crippen LogP) is 4.28. The Morgan fingerprint density at radius 3 is 2.28 bits per heavy atom. The van der Waals surface area contributed by atoms with Crippen LogP contribution in [-0.2, 0) is 6.54 Å². The van der Waals surface area contributed by atoms with Gasteiger partial charge in [0, 0.05) is 22.3 Å². The fourth-order valence-electron chi connectivity index (χ4n) is 2.12. The van der Waals surface area contributed by atoms with Crippen LogP contribution in [0.2, 0.25) is 0 Å². The summed E-state index contributed by atoms with van der Waals surface area (Å²) in [5.41, 5.74) is 5.73. The fourth-order valence-corrected chi connectivity index (χ4v) is 2.81. The zero-order valence-corrected chi connectivity index (χ0v) is 12.7. The number of anilines is 1. The molecule has 0 saturated heterocycles. The molecule has 1 aromatic carbocycles. The lowest BCUT2D eigenvalue weighted by Gasteiger charge is -2.13. The van der Waals surface area contributed by atoms with Crippen LogP contribution in [0, 0.1) is 27.7 Å². The molecule has 3 nitrogen and oxygen atoms in total. The van der Waals surface area contributed by atoms with Crippen molar-refractivity contribution in [3.8, 4) is 0 Å². The summed E-state index contributed by atoms with van der Waals surface area (Å²) in [7, 11) is 0. The number of rotatable bonds is 3. The van der Waals surface area contributed by atoms with Gasteiger partial charge in [-0.1, -0.05) is 21.1 Å². The van der Waals surface area contributed by atoms with Crippen molar-refractivity contribution in [3.63, 3.8) is 0 Å². The maximum Gasteiger partial charge on any atom is 0.138 e. The van der Waals surface area contributed by atoms with E-state index in [1.54, 1.807) is 0 Å². The number of nitrogens with one attached hydrogen (secondary N) is 1. The minimum absolute atomic E-state index is 0.741. The van der Waals surface area contributed by atoms with Gasteiger partial charge in [-0.3, -0.25) is 0 Å². The summed E-state index contributed by atoms with van der Waals surface area (Å²) in [5, 5.41) is 7.44. The predicted molar refractivity (Wildman–Crippen MR) is 76.9 cm³/mol. The molecule has 1 heterocycles. The van der Waals surface area contributed by atoms with Gasteiger partial charge in [-0.15, -0.1) is 0 Å². The molecule has 0 aliphatic heterocycles. The van der Waals surface area contributed by atoms with Gasteiger partial charge in [0.25, 0.3) is 0 Å². The first-order chi connectivity index (χ1) is 8.49. The van der Waals surface area contributed by atoms with Crippen LogP contribution in [0.1, 0.15) is 28.1 Å². The van der Waals surface area contributed by atoms with Gasteiger partial charge in [0.15, 0.2) is 0 Å². The molecule has 0 aliphatic carbocycles. The van der Waals surface area contributed by atoms with Crippen LogP contribution < -0.4 is 5.32 Å². The third-order valence-corrected chi connectivity index (χ3v) is 3.58. The molecule has 2 rings (SSSR count). The topological polar surface area (TPSA) is 38.1 Å². The Hall–Kier alpha value is -1.29. The van der Waals surface area contributed by atoms with E-state index in [9.17, 15) is 0 Å². The third-order valence-electron chi connectivity index (χ3n) is 3.12. The van der Waals surface area contributed by atoms with E-state index in [4.69, 9.17) is 4.52 Å². The number of nitrogens with zero attached hydrogens (tertiary/aromatic N) is 1. The van der Waals surface area contributed by atoms with Gasteiger partial charge < -0.3 is 9.84 Å². The van der Waals surface area contributed by atoms with Gasteiger partial charge in [-0.05, 0) is 51.0 Å². The van der Waals surface area contributed by atoms with Crippen molar-refractivity contribution >= 4 is 21.6 Å². The second-order valence-corrected chi connectivity index (χ2v) is 5.49. The van der Waals surface area contributed by atoms with Crippen LogP contribution in [0.5, 0.6) is 0 Å². The van der Waals surface area contributed by atoms with E-state index in [1.165, 1.54) is 16.8 Å². The van der Waals surface area contributed by atoms with Crippen molar-refractivity contribution < 1.29 is 4.52 Å². The quantitative estimate of drug-likeness (QED) is 0.919. The monoisotopic (exact) mass is 308 g/mol. The molecule has 1 N–H and O–H groups in total. The molecule has 4 heteroatoms. The molecule has 0 aliphatic rings. The lowest BCUT2D eigenvalue weighted by Crippen LogP contribution is -2.04. The number of aryl methyl sites for hydroxylation is 4. The number of benzene rings is 1. The Kier molecular flexibility index (Phi) is 3.76. The average Bonchev–Trinajstić information content (AvgIpc) is 2.58. The maximum atomic E-state index is 5.17. The Labute approximate surface area is 116 Å². The minimum Gasteiger partial charge on any atom is -0.380 e. The molecule has 0 atom stereocenters. The van der Waals surface area contributed by atoms with Crippen molar-refractivity contribution in [2.24, 2.45) is 0 Å². The van der Waals surface area contributed by atoms with Crippen molar-refractivity contribution in [1.82, 2.24) is 5.16 Å². The van der Waals surface area contributed by atoms with Crippen LogP contribution in [0.25, 0.3) is 0 Å². The van der Waals surface area contributed by atoms with Gasteiger partial charge in [0.1, 0.15) is 5.76 Å². The second kappa shape index (κ2) is 5.14. The molecule has 96 valence electrons. The largest absolute Gasteiger partial charge is 0.380 e. The smallest absolute Gasteiger partial charge is 0.138 e. The summed E-state index contributed by atoms with van der Waals surface area (Å²) < 4.78 is 6.28. The second-order valence-electron chi connectivity index (χ2n) is 4.57. The summed E-state index contributed by atoms with van der Waals surface area (Å²) in [6, 6.07) is 4.23. The van der Waals surface area contributed by atoms with Crippen molar-refractivity contribution in [2.45, 2.75) is 34.2 Å². The Balaban J connectivity index is 2.21. The maximum absolute atomic E-state index is 5.17. The highest BCUT2D eigenvalue weighted by Crippen LogP contribution is 2.26. The van der Waals surface area contributed by atoms with E-state index in [0.29, 0.717) is 0 Å². The SMILES string of the molecule is Cc1cc(Br)cc(C)c1NCc1c(C)noc1C. The van der Waals surface area contributed by atoms with Crippen LogP contribution in [0.15, 0.2) is 21.1 Å².